The van der Waals surface area contributed by atoms with Crippen LogP contribution in [0.4, 0.5) is 4.39 Å². The fourth-order valence-corrected chi connectivity index (χ4v) is 3.32. The van der Waals surface area contributed by atoms with Crippen LogP contribution in [0.2, 0.25) is 10.0 Å². The molecule has 1 aliphatic heterocycles. The molecule has 1 fully saturated rings. The minimum absolute atomic E-state index is 0.288. The lowest BCUT2D eigenvalue weighted by Crippen LogP contribution is -2.41. The molecule has 0 atom stereocenters. The Bertz CT molecular complexity index is 690. The molecule has 2 rings (SSSR count). The third-order valence-electron chi connectivity index (χ3n) is 4.90. The maximum absolute atomic E-state index is 15.6. The van der Waals surface area contributed by atoms with Crippen LogP contribution in [0.1, 0.15) is 60.5 Å². The molecule has 0 spiro atoms. The van der Waals surface area contributed by atoms with E-state index in [0.29, 0.717) is 27.8 Å². The minimum Gasteiger partial charge on any atom is -0.398 e. The van der Waals surface area contributed by atoms with Gasteiger partial charge >= 0.3 is 7.12 Å². The maximum atomic E-state index is 15.6. The standard InChI is InChI=1S/C20H28BCl2FO3/c1-18(2,3)25-12-11-13(16-14(22)9-8-10-15(16)23)17(24)21-26-19(4,5)20(6,7)27-21/h8-10H,11-12H2,1-7H3. The molecule has 150 valence electrons. The molecule has 3 nitrogen and oxygen atoms in total. The molecule has 1 saturated heterocycles. The van der Waals surface area contributed by atoms with Crippen molar-refractivity contribution in [1.82, 2.24) is 0 Å². The van der Waals surface area contributed by atoms with Crippen molar-refractivity contribution in [3.05, 3.63) is 39.5 Å². The fraction of sp³-hybridized carbons (Fsp3) is 0.600. The summed E-state index contributed by atoms with van der Waals surface area (Å²) in [6, 6.07) is 5.10. The van der Waals surface area contributed by atoms with Crippen molar-refractivity contribution < 1.29 is 18.4 Å². The largest absolute Gasteiger partial charge is 0.525 e. The van der Waals surface area contributed by atoms with Crippen molar-refractivity contribution in [2.75, 3.05) is 6.61 Å². The quantitative estimate of drug-likeness (QED) is 0.512. The van der Waals surface area contributed by atoms with E-state index < -0.39 is 24.0 Å². The van der Waals surface area contributed by atoms with Gasteiger partial charge in [-0.25, -0.2) is 4.39 Å². The summed E-state index contributed by atoms with van der Waals surface area (Å²) in [5.74, 6) is 0. The van der Waals surface area contributed by atoms with Crippen LogP contribution in [0.3, 0.4) is 0 Å². The average Bonchev–Trinajstić information content (AvgIpc) is 2.72. The molecule has 0 N–H and O–H groups in total. The van der Waals surface area contributed by atoms with Crippen LogP contribution in [-0.4, -0.2) is 30.5 Å². The topological polar surface area (TPSA) is 27.7 Å². The summed E-state index contributed by atoms with van der Waals surface area (Å²) in [7, 11) is -1.12. The van der Waals surface area contributed by atoms with Crippen LogP contribution in [0.25, 0.3) is 5.57 Å². The molecule has 7 heteroatoms. The second-order valence-electron chi connectivity index (χ2n) is 8.72. The normalized spacial score (nSPS) is 20.0. The predicted molar refractivity (Wildman–Crippen MR) is 111 cm³/mol. The van der Waals surface area contributed by atoms with E-state index in [2.05, 4.69) is 0 Å². The van der Waals surface area contributed by atoms with Crippen molar-refractivity contribution in [3.63, 3.8) is 0 Å². The first-order valence-electron chi connectivity index (χ1n) is 9.08. The van der Waals surface area contributed by atoms with Gasteiger partial charge in [-0.05, 0) is 72.6 Å². The average molecular weight is 417 g/mol. The first kappa shape index (κ1) is 22.7. The second kappa shape index (κ2) is 8.04. The fourth-order valence-electron chi connectivity index (χ4n) is 2.70. The van der Waals surface area contributed by atoms with Gasteiger partial charge < -0.3 is 14.0 Å². The van der Waals surface area contributed by atoms with Crippen LogP contribution >= 0.6 is 23.2 Å². The van der Waals surface area contributed by atoms with Crippen LogP contribution in [-0.2, 0) is 14.0 Å². The highest BCUT2D eigenvalue weighted by molar-refractivity contribution is 6.55. The number of hydrogen-bond acceptors (Lipinski definition) is 3. The number of rotatable bonds is 5. The zero-order valence-electron chi connectivity index (χ0n) is 17.1. The molecule has 1 aromatic carbocycles. The van der Waals surface area contributed by atoms with Gasteiger partial charge in [0.25, 0.3) is 0 Å². The van der Waals surface area contributed by atoms with Crippen molar-refractivity contribution in [2.24, 2.45) is 0 Å². The summed E-state index contributed by atoms with van der Waals surface area (Å²) >= 11 is 12.7. The smallest absolute Gasteiger partial charge is 0.398 e. The highest BCUT2D eigenvalue weighted by atomic mass is 35.5. The van der Waals surface area contributed by atoms with E-state index in [1.807, 2.05) is 48.5 Å². The van der Waals surface area contributed by atoms with Gasteiger partial charge in [-0.3, -0.25) is 0 Å². The summed E-state index contributed by atoms with van der Waals surface area (Å²) in [6.45, 7) is 13.7. The van der Waals surface area contributed by atoms with E-state index in [-0.39, 0.29) is 12.0 Å². The molecular weight excluding hydrogens is 389 g/mol. The Morgan fingerprint density at radius 3 is 2.00 bits per heavy atom. The third-order valence-corrected chi connectivity index (χ3v) is 5.53. The Morgan fingerprint density at radius 1 is 1.07 bits per heavy atom. The lowest BCUT2D eigenvalue weighted by molar-refractivity contribution is 0.000566. The van der Waals surface area contributed by atoms with E-state index in [4.69, 9.17) is 37.2 Å². The lowest BCUT2D eigenvalue weighted by Gasteiger charge is -2.32. The molecule has 0 amide bonds. The highest BCUT2D eigenvalue weighted by Crippen LogP contribution is 2.42. The van der Waals surface area contributed by atoms with Crippen molar-refractivity contribution in [3.8, 4) is 0 Å². The molecular formula is C20H28BCl2FO3. The summed E-state index contributed by atoms with van der Waals surface area (Å²) < 4.78 is 33.1. The van der Waals surface area contributed by atoms with Gasteiger partial charge in [0.1, 0.15) is 5.73 Å². The van der Waals surface area contributed by atoms with Gasteiger partial charge in [-0.2, -0.15) is 0 Å². The van der Waals surface area contributed by atoms with E-state index in [1.165, 1.54) is 0 Å². The number of benzene rings is 1. The van der Waals surface area contributed by atoms with Crippen LogP contribution in [0.15, 0.2) is 23.9 Å². The van der Waals surface area contributed by atoms with Crippen LogP contribution in [0.5, 0.6) is 0 Å². The van der Waals surface area contributed by atoms with Crippen LogP contribution < -0.4 is 0 Å². The summed E-state index contributed by atoms with van der Waals surface area (Å²) in [5.41, 5.74) is -1.37. The zero-order valence-corrected chi connectivity index (χ0v) is 18.6. The van der Waals surface area contributed by atoms with Gasteiger partial charge in [-0.1, -0.05) is 29.3 Å². The molecule has 0 saturated carbocycles. The zero-order chi connectivity index (χ0) is 20.6. The van der Waals surface area contributed by atoms with Crippen molar-refractivity contribution in [2.45, 2.75) is 71.7 Å². The van der Waals surface area contributed by atoms with Crippen LogP contribution in [0, 0.1) is 0 Å². The molecule has 27 heavy (non-hydrogen) atoms. The van der Waals surface area contributed by atoms with E-state index in [0.717, 1.165) is 0 Å². The molecule has 0 aliphatic carbocycles. The first-order valence-corrected chi connectivity index (χ1v) is 9.83. The first-order chi connectivity index (χ1) is 12.3. The second-order valence-corrected chi connectivity index (χ2v) is 9.54. The highest BCUT2D eigenvalue weighted by Gasteiger charge is 2.53. The summed E-state index contributed by atoms with van der Waals surface area (Å²) in [5, 5.41) is 0.750. The van der Waals surface area contributed by atoms with Gasteiger partial charge in [0.2, 0.25) is 0 Å². The predicted octanol–water partition coefficient (Wildman–Crippen LogP) is 6.51. The summed E-state index contributed by atoms with van der Waals surface area (Å²) in [4.78, 5) is 0. The molecule has 1 heterocycles. The van der Waals surface area contributed by atoms with Gasteiger partial charge in [0.15, 0.2) is 0 Å². The Morgan fingerprint density at radius 2 is 1.56 bits per heavy atom. The lowest BCUT2D eigenvalue weighted by atomic mass is 9.81. The van der Waals surface area contributed by atoms with E-state index in [1.54, 1.807) is 18.2 Å². The Kier molecular flexibility index (Phi) is 6.76. The van der Waals surface area contributed by atoms with Gasteiger partial charge in [0.05, 0.1) is 23.4 Å². The molecule has 0 bridgehead atoms. The molecule has 1 aliphatic rings. The SMILES string of the molecule is CC(C)(C)OCCC(=C(F)B1OC(C)(C)C(C)(C)O1)c1c(Cl)cccc1Cl. The van der Waals surface area contributed by atoms with E-state index >= 15 is 4.39 Å². The maximum Gasteiger partial charge on any atom is 0.525 e. The minimum atomic E-state index is -1.12. The molecule has 0 radical (unpaired) electrons. The third kappa shape index (κ3) is 5.27. The number of halogens is 3. The van der Waals surface area contributed by atoms with Gasteiger partial charge in [-0.15, -0.1) is 0 Å². The van der Waals surface area contributed by atoms with Crippen molar-refractivity contribution >= 4 is 35.9 Å². The number of ether oxygens (including phenoxy) is 1. The summed E-state index contributed by atoms with van der Waals surface area (Å²) in [6.07, 6.45) is 0.288. The molecule has 0 aromatic heterocycles. The molecule has 0 unspecified atom stereocenters. The van der Waals surface area contributed by atoms with Crippen molar-refractivity contribution in [1.29, 1.82) is 0 Å². The Hall–Kier alpha value is -0.585. The van der Waals surface area contributed by atoms with Gasteiger partial charge in [0, 0.05) is 15.6 Å². The Balaban J connectivity index is 2.44. The Labute approximate surface area is 172 Å². The molecule has 1 aromatic rings. The monoisotopic (exact) mass is 416 g/mol. The van der Waals surface area contributed by atoms with E-state index in [9.17, 15) is 0 Å². The number of hydrogen-bond donors (Lipinski definition) is 0.